The number of morpholine rings is 1. The number of carbonyl (C=O) groups excluding carboxylic acids is 1. The highest BCUT2D eigenvalue weighted by Gasteiger charge is 2.16. The molecule has 2 rings (SSSR count). The molecule has 27 heavy (non-hydrogen) atoms. The van der Waals surface area contributed by atoms with Crippen LogP contribution >= 0.6 is 0 Å². The van der Waals surface area contributed by atoms with Crippen LogP contribution in [0.1, 0.15) is 25.8 Å². The molecule has 1 aliphatic rings. The van der Waals surface area contributed by atoms with Crippen molar-refractivity contribution in [2.45, 2.75) is 33.2 Å². The molecular weight excluding hydrogens is 344 g/mol. The van der Waals surface area contributed by atoms with E-state index < -0.39 is 0 Å². The number of amides is 1. The summed E-state index contributed by atoms with van der Waals surface area (Å²) in [6.07, 6.45) is 2.08. The maximum Gasteiger partial charge on any atom is 0.227 e. The lowest BCUT2D eigenvalue weighted by Gasteiger charge is -2.31. The number of aliphatic imine (C=N–C) groups is 1. The summed E-state index contributed by atoms with van der Waals surface area (Å²) < 4.78 is 5.39. The summed E-state index contributed by atoms with van der Waals surface area (Å²) in [6, 6.07) is 4.09. The Kier molecular flexibility index (Phi) is 9.00. The molecule has 0 aromatic carbocycles. The van der Waals surface area contributed by atoms with Gasteiger partial charge in [-0.15, -0.1) is 0 Å². The number of pyridine rings is 1. The van der Waals surface area contributed by atoms with Crippen LogP contribution in [-0.2, 0) is 9.53 Å². The van der Waals surface area contributed by atoms with Crippen molar-refractivity contribution in [3.05, 3.63) is 23.9 Å². The second kappa shape index (κ2) is 11.5. The summed E-state index contributed by atoms with van der Waals surface area (Å²) in [4.78, 5) is 23.3. The second-order valence-corrected chi connectivity index (χ2v) is 6.66. The van der Waals surface area contributed by atoms with Crippen LogP contribution in [0.15, 0.2) is 23.3 Å². The Morgan fingerprint density at radius 1 is 1.33 bits per heavy atom. The van der Waals surface area contributed by atoms with Crippen LogP contribution in [0.3, 0.4) is 0 Å². The van der Waals surface area contributed by atoms with E-state index in [2.05, 4.69) is 37.8 Å². The SMILES string of the molecule is CCNC(=NCC(C)N1CCOCC1)NCCC(=O)Nc1ccc(C)cn1. The number of hydrogen-bond acceptors (Lipinski definition) is 5. The first kappa shape index (κ1) is 21.1. The third-order valence-electron chi connectivity index (χ3n) is 4.35. The van der Waals surface area contributed by atoms with Gasteiger partial charge in [-0.2, -0.15) is 0 Å². The molecule has 1 saturated heterocycles. The van der Waals surface area contributed by atoms with E-state index in [0.29, 0.717) is 31.4 Å². The fraction of sp³-hybridized carbons (Fsp3) is 0.632. The summed E-state index contributed by atoms with van der Waals surface area (Å²) in [5.74, 6) is 1.24. The van der Waals surface area contributed by atoms with Crippen LogP contribution in [0.5, 0.6) is 0 Å². The van der Waals surface area contributed by atoms with Crippen molar-refractivity contribution in [1.82, 2.24) is 20.5 Å². The lowest BCUT2D eigenvalue weighted by Crippen LogP contribution is -2.44. The highest BCUT2D eigenvalue weighted by Crippen LogP contribution is 2.05. The lowest BCUT2D eigenvalue weighted by atomic mass is 10.2. The molecule has 1 aromatic rings. The van der Waals surface area contributed by atoms with Gasteiger partial charge in [-0.25, -0.2) is 4.98 Å². The summed E-state index contributed by atoms with van der Waals surface area (Å²) >= 11 is 0. The number of anilines is 1. The molecule has 1 aliphatic heterocycles. The zero-order chi connectivity index (χ0) is 19.5. The molecule has 1 atom stereocenters. The molecule has 1 fully saturated rings. The highest BCUT2D eigenvalue weighted by molar-refractivity contribution is 5.90. The van der Waals surface area contributed by atoms with E-state index in [1.54, 1.807) is 12.3 Å². The first-order valence-electron chi connectivity index (χ1n) is 9.65. The van der Waals surface area contributed by atoms with Gasteiger partial charge in [0.2, 0.25) is 5.91 Å². The summed E-state index contributed by atoms with van der Waals surface area (Å²) in [5.41, 5.74) is 1.06. The Bertz CT molecular complexity index is 599. The van der Waals surface area contributed by atoms with Crippen molar-refractivity contribution in [2.24, 2.45) is 4.99 Å². The van der Waals surface area contributed by atoms with E-state index in [1.807, 2.05) is 19.9 Å². The van der Waals surface area contributed by atoms with Gasteiger partial charge in [0.1, 0.15) is 5.82 Å². The number of rotatable bonds is 8. The summed E-state index contributed by atoms with van der Waals surface area (Å²) in [7, 11) is 0. The van der Waals surface area contributed by atoms with Crippen molar-refractivity contribution in [3.8, 4) is 0 Å². The van der Waals surface area contributed by atoms with Gasteiger partial charge in [-0.1, -0.05) is 6.07 Å². The molecule has 1 unspecified atom stereocenters. The van der Waals surface area contributed by atoms with Crippen molar-refractivity contribution in [2.75, 3.05) is 51.3 Å². The van der Waals surface area contributed by atoms with E-state index in [9.17, 15) is 4.79 Å². The number of aromatic nitrogens is 1. The van der Waals surface area contributed by atoms with E-state index in [-0.39, 0.29) is 5.91 Å². The fourth-order valence-corrected chi connectivity index (χ4v) is 2.74. The third kappa shape index (κ3) is 7.92. The quantitative estimate of drug-likeness (QED) is 0.463. The number of hydrogen-bond donors (Lipinski definition) is 3. The average Bonchev–Trinajstić information content (AvgIpc) is 2.68. The smallest absolute Gasteiger partial charge is 0.227 e. The number of nitrogens with zero attached hydrogens (tertiary/aromatic N) is 3. The van der Waals surface area contributed by atoms with E-state index in [4.69, 9.17) is 4.74 Å². The Hall–Kier alpha value is -2.19. The number of aryl methyl sites for hydroxylation is 1. The Balaban J connectivity index is 1.74. The van der Waals surface area contributed by atoms with Crippen LogP contribution in [0.2, 0.25) is 0 Å². The normalized spacial score (nSPS) is 16.6. The van der Waals surface area contributed by atoms with Crippen LogP contribution in [-0.4, -0.2) is 73.7 Å². The Labute approximate surface area is 161 Å². The van der Waals surface area contributed by atoms with Gasteiger partial charge in [0.05, 0.1) is 19.8 Å². The van der Waals surface area contributed by atoms with Crippen molar-refractivity contribution < 1.29 is 9.53 Å². The molecule has 150 valence electrons. The standard InChI is InChI=1S/C19H32N6O2/c1-4-20-19(23-14-16(3)25-9-11-27-12-10-25)21-8-7-18(26)24-17-6-5-15(2)13-22-17/h5-6,13,16H,4,7-12,14H2,1-3H3,(H2,20,21,23)(H,22,24,26). The minimum Gasteiger partial charge on any atom is -0.379 e. The van der Waals surface area contributed by atoms with Gasteiger partial charge >= 0.3 is 0 Å². The number of ether oxygens (including phenoxy) is 1. The molecule has 0 spiro atoms. The molecule has 2 heterocycles. The molecule has 3 N–H and O–H groups in total. The minimum atomic E-state index is -0.0728. The third-order valence-corrected chi connectivity index (χ3v) is 4.35. The Morgan fingerprint density at radius 3 is 2.78 bits per heavy atom. The Morgan fingerprint density at radius 2 is 2.11 bits per heavy atom. The fourth-order valence-electron chi connectivity index (χ4n) is 2.74. The van der Waals surface area contributed by atoms with Crippen molar-refractivity contribution >= 4 is 17.7 Å². The summed E-state index contributed by atoms with van der Waals surface area (Å²) in [6.45, 7) is 11.6. The molecule has 8 nitrogen and oxygen atoms in total. The molecule has 0 bridgehead atoms. The monoisotopic (exact) mass is 376 g/mol. The first-order chi connectivity index (χ1) is 13.1. The van der Waals surface area contributed by atoms with Gasteiger partial charge < -0.3 is 20.7 Å². The predicted molar refractivity (Wildman–Crippen MR) is 108 cm³/mol. The van der Waals surface area contributed by atoms with Gasteiger partial charge in [0.25, 0.3) is 0 Å². The second-order valence-electron chi connectivity index (χ2n) is 6.66. The van der Waals surface area contributed by atoms with Gasteiger partial charge in [-0.3, -0.25) is 14.7 Å². The summed E-state index contributed by atoms with van der Waals surface area (Å²) in [5, 5.41) is 9.24. The van der Waals surface area contributed by atoms with Crippen LogP contribution < -0.4 is 16.0 Å². The molecule has 0 aliphatic carbocycles. The molecule has 8 heteroatoms. The topological polar surface area (TPSA) is 90.9 Å². The van der Waals surface area contributed by atoms with Crippen LogP contribution in [0.25, 0.3) is 0 Å². The molecular formula is C19H32N6O2. The van der Waals surface area contributed by atoms with Gasteiger partial charge in [-0.05, 0) is 32.4 Å². The molecule has 1 amide bonds. The molecule has 1 aromatic heterocycles. The van der Waals surface area contributed by atoms with Gasteiger partial charge in [0.15, 0.2) is 5.96 Å². The van der Waals surface area contributed by atoms with E-state index in [1.165, 1.54) is 0 Å². The number of carbonyl (C=O) groups is 1. The van der Waals surface area contributed by atoms with E-state index >= 15 is 0 Å². The predicted octanol–water partition coefficient (Wildman–Crippen LogP) is 0.994. The molecule has 0 saturated carbocycles. The van der Waals surface area contributed by atoms with Crippen molar-refractivity contribution in [1.29, 1.82) is 0 Å². The van der Waals surface area contributed by atoms with E-state index in [0.717, 1.165) is 44.4 Å². The minimum absolute atomic E-state index is 0.0728. The zero-order valence-electron chi connectivity index (χ0n) is 16.6. The first-order valence-corrected chi connectivity index (χ1v) is 9.65. The van der Waals surface area contributed by atoms with Gasteiger partial charge in [0, 0.05) is 44.8 Å². The van der Waals surface area contributed by atoms with Crippen LogP contribution in [0, 0.1) is 6.92 Å². The maximum absolute atomic E-state index is 12.0. The average molecular weight is 377 g/mol. The largest absolute Gasteiger partial charge is 0.379 e. The van der Waals surface area contributed by atoms with Crippen molar-refractivity contribution in [3.63, 3.8) is 0 Å². The zero-order valence-corrected chi connectivity index (χ0v) is 16.6. The highest BCUT2D eigenvalue weighted by atomic mass is 16.5. The maximum atomic E-state index is 12.0. The molecule has 0 radical (unpaired) electrons. The lowest BCUT2D eigenvalue weighted by molar-refractivity contribution is -0.116. The number of guanidine groups is 1. The van der Waals surface area contributed by atoms with Crippen LogP contribution in [0.4, 0.5) is 5.82 Å². The number of nitrogens with one attached hydrogen (secondary N) is 3.